The van der Waals surface area contributed by atoms with Gasteiger partial charge in [0.25, 0.3) is 0 Å². The Bertz CT molecular complexity index is 5490. The molecule has 20 heteroatoms. The van der Waals surface area contributed by atoms with E-state index >= 15 is 0 Å². The monoisotopic (exact) mass is 1750 g/mol. The fraction of sp³-hybridized carbons (Fsp3) is 0.180. The normalized spacial score (nSPS) is 13.4. The SMILES string of the molecule is Clc1ccc(-c2ccc(Br)cc2CCc2c(Cl)cccc2C2=NCCN2)cc1.Clc1cccc(-c2ccc(Br)cc2CCc2c(Cl)cccc2C2=NCCN2)c1.Clc1ccccc1-c1ccc(Br)cc1CCc1c(Cl)cccc1C1=NCCN1.N#Cc1cc(CCc2c(F)cccc2C2=NCCN2)c2occc2c1. The van der Waals surface area contributed by atoms with Crippen LogP contribution in [-0.2, 0) is 51.4 Å². The number of aliphatic imine (C=N–C) groups is 4. The third kappa shape index (κ3) is 20.0. The lowest BCUT2D eigenvalue weighted by molar-refractivity contribution is 0.601. The standard InChI is InChI=1S/3C23H19BrCl2N2.C20H16FN3O/c24-17-8-10-19(15-3-1-4-18(25)14-15)16(13-17)7-9-20-21(5-2-6-22(20)26)23-27-11-12-28-23;24-16-9-11-17(18-4-1-2-6-21(18)25)15(14-16)8-10-19-20(5-3-7-22(19)26)23-27-12-13-28-23;24-17-7-11-19(15-4-8-18(25)9-5-15)16(14-17)6-10-20-21(2-1-3-22(20)26)23-27-12-13-28-23;21-18-3-1-2-17(20-23-7-8-24-20)16(18)5-4-14-10-13(12-22)11-15-6-9-25-19(14)15/h1-6,8,10,13-14H,7,9,11-12H2,(H,27,28);1-7,9,11,14H,8,10,12-13H2,(H,27,28);1-5,7-9,11,14H,6,10,12-13H2,(H,27,28);1-3,6,9-11H,4-5,7-8H2,(H,23,24). The second-order valence-electron chi connectivity index (χ2n) is 26.2. The van der Waals surface area contributed by atoms with E-state index < -0.39 is 0 Å². The fourth-order valence-corrected chi connectivity index (χ4v) is 16.6. The number of nitrogens with zero attached hydrogens (tertiary/aromatic N) is 5. The molecule has 1 aromatic heterocycles. The van der Waals surface area contributed by atoms with Crippen molar-refractivity contribution in [3.8, 4) is 39.4 Å². The molecule has 0 spiro atoms. The summed E-state index contributed by atoms with van der Waals surface area (Å²) >= 11 is 49.3. The molecule has 12 aromatic rings. The van der Waals surface area contributed by atoms with Crippen LogP contribution in [0.4, 0.5) is 4.39 Å². The molecule has 109 heavy (non-hydrogen) atoms. The number of hydrogen-bond acceptors (Lipinski definition) is 10. The van der Waals surface area contributed by atoms with Gasteiger partial charge in [0.2, 0.25) is 0 Å². The Morgan fingerprint density at radius 3 is 1.24 bits per heavy atom. The van der Waals surface area contributed by atoms with E-state index in [9.17, 15) is 9.65 Å². The van der Waals surface area contributed by atoms with Gasteiger partial charge in [-0.05, 0) is 233 Å². The van der Waals surface area contributed by atoms with Crippen molar-refractivity contribution >= 4 is 152 Å². The quantitative estimate of drug-likeness (QED) is 0.0637. The van der Waals surface area contributed by atoms with Gasteiger partial charge in [0, 0.05) is 103 Å². The van der Waals surface area contributed by atoms with Gasteiger partial charge in [-0.2, -0.15) is 5.26 Å². The molecule has 0 fully saturated rings. The lowest BCUT2D eigenvalue weighted by Crippen LogP contribution is -2.21. The van der Waals surface area contributed by atoms with Crippen molar-refractivity contribution in [1.82, 2.24) is 21.3 Å². The summed E-state index contributed by atoms with van der Waals surface area (Å²) in [5, 5.41) is 28.0. The highest BCUT2D eigenvalue weighted by atomic mass is 79.9. The van der Waals surface area contributed by atoms with Gasteiger partial charge in [0.05, 0.1) is 44.1 Å². The third-order valence-electron chi connectivity index (χ3n) is 19.2. The van der Waals surface area contributed by atoms with E-state index in [-0.39, 0.29) is 5.82 Å². The number of fused-ring (bicyclic) bond motifs is 1. The number of halogens is 10. The largest absolute Gasteiger partial charge is 0.464 e. The summed E-state index contributed by atoms with van der Waals surface area (Å²) in [6.45, 7) is 6.57. The first kappa shape index (κ1) is 78.6. The molecule has 550 valence electrons. The van der Waals surface area contributed by atoms with Gasteiger partial charge in [0.15, 0.2) is 0 Å². The van der Waals surface area contributed by atoms with Crippen LogP contribution in [0.15, 0.2) is 262 Å². The second-order valence-corrected chi connectivity index (χ2v) is 31.4. The van der Waals surface area contributed by atoms with Gasteiger partial charge in [-0.1, -0.05) is 227 Å². The minimum Gasteiger partial charge on any atom is -0.464 e. The van der Waals surface area contributed by atoms with Gasteiger partial charge in [-0.15, -0.1) is 0 Å². The number of benzene rings is 11. The highest BCUT2D eigenvalue weighted by Crippen LogP contribution is 2.37. The molecule has 0 atom stereocenters. The molecular formula is C89H73Br3Cl6FN9O. The highest BCUT2D eigenvalue weighted by Gasteiger charge is 2.22. The molecule has 10 nitrogen and oxygen atoms in total. The van der Waals surface area contributed by atoms with E-state index in [4.69, 9.17) is 74.0 Å². The van der Waals surface area contributed by atoms with E-state index in [1.807, 2.05) is 103 Å². The van der Waals surface area contributed by atoms with Crippen LogP contribution in [0.1, 0.15) is 72.3 Å². The molecule has 4 aliphatic heterocycles. The van der Waals surface area contributed by atoms with Crippen molar-refractivity contribution in [3.05, 3.63) is 346 Å². The minimum absolute atomic E-state index is 0.235. The lowest BCUT2D eigenvalue weighted by atomic mass is 9.93. The zero-order valence-electron chi connectivity index (χ0n) is 59.1. The molecule has 0 amide bonds. The maximum absolute atomic E-state index is 14.4. The van der Waals surface area contributed by atoms with Crippen LogP contribution >= 0.6 is 117 Å². The summed E-state index contributed by atoms with van der Waals surface area (Å²) in [5.41, 5.74) is 21.0. The zero-order chi connectivity index (χ0) is 75.8. The molecule has 4 N–H and O–H groups in total. The van der Waals surface area contributed by atoms with Crippen molar-refractivity contribution < 1.29 is 8.81 Å². The average Bonchev–Trinajstić information content (AvgIpc) is 1.18. The number of hydrogen-bond donors (Lipinski definition) is 4. The van der Waals surface area contributed by atoms with E-state index in [1.165, 1.54) is 33.9 Å². The van der Waals surface area contributed by atoms with Crippen LogP contribution in [0.5, 0.6) is 0 Å². The predicted octanol–water partition coefficient (Wildman–Crippen LogP) is 23.3. The van der Waals surface area contributed by atoms with Crippen molar-refractivity contribution in [1.29, 1.82) is 5.26 Å². The van der Waals surface area contributed by atoms with Crippen LogP contribution in [0.25, 0.3) is 44.3 Å². The molecule has 0 bridgehead atoms. The molecular weight excluding hydrogens is 1680 g/mol. The molecule has 0 aliphatic carbocycles. The van der Waals surface area contributed by atoms with Crippen LogP contribution in [-0.4, -0.2) is 75.7 Å². The van der Waals surface area contributed by atoms with Crippen molar-refractivity contribution in [2.75, 3.05) is 52.4 Å². The first-order valence-electron chi connectivity index (χ1n) is 35.9. The van der Waals surface area contributed by atoms with Crippen LogP contribution in [0, 0.1) is 17.1 Å². The summed E-state index contributed by atoms with van der Waals surface area (Å²) in [4.78, 5) is 18.1. The molecule has 0 saturated heterocycles. The van der Waals surface area contributed by atoms with Crippen molar-refractivity contribution in [2.45, 2.75) is 51.4 Å². The Labute approximate surface area is 690 Å². The summed E-state index contributed by atoms with van der Waals surface area (Å²) in [7, 11) is 0. The number of nitriles is 1. The number of aryl methyl sites for hydroxylation is 4. The molecule has 4 aliphatic rings. The molecule has 11 aromatic carbocycles. The van der Waals surface area contributed by atoms with Crippen LogP contribution in [0.2, 0.25) is 30.1 Å². The summed E-state index contributed by atoms with van der Waals surface area (Å²) in [5.74, 6) is 3.36. The predicted molar refractivity (Wildman–Crippen MR) is 463 cm³/mol. The highest BCUT2D eigenvalue weighted by molar-refractivity contribution is 9.11. The van der Waals surface area contributed by atoms with E-state index in [0.717, 1.165) is 229 Å². The fourth-order valence-electron chi connectivity index (χ4n) is 14.0. The van der Waals surface area contributed by atoms with E-state index in [1.54, 1.807) is 18.4 Å². The first-order valence-corrected chi connectivity index (χ1v) is 40.5. The Hall–Kier alpha value is -8.56. The van der Waals surface area contributed by atoms with Crippen LogP contribution < -0.4 is 21.3 Å². The topological polar surface area (TPSA) is 134 Å². The smallest absolute Gasteiger partial charge is 0.137 e. The number of rotatable bonds is 19. The maximum atomic E-state index is 14.4. The van der Waals surface area contributed by atoms with Gasteiger partial charge < -0.3 is 25.7 Å². The summed E-state index contributed by atoms with van der Waals surface area (Å²) in [6.07, 6.45) is 7.79. The van der Waals surface area contributed by atoms with E-state index in [2.05, 4.69) is 192 Å². The van der Waals surface area contributed by atoms with Gasteiger partial charge >= 0.3 is 0 Å². The molecule has 0 unspecified atom stereocenters. The lowest BCUT2D eigenvalue weighted by Gasteiger charge is -2.15. The van der Waals surface area contributed by atoms with Crippen LogP contribution in [0.3, 0.4) is 0 Å². The minimum atomic E-state index is -0.235. The van der Waals surface area contributed by atoms with Crippen molar-refractivity contribution in [2.24, 2.45) is 20.0 Å². The molecule has 16 rings (SSSR count). The zero-order valence-corrected chi connectivity index (χ0v) is 68.4. The molecule has 5 heterocycles. The summed E-state index contributed by atoms with van der Waals surface area (Å²) < 4.78 is 23.2. The number of amidine groups is 4. The van der Waals surface area contributed by atoms with Gasteiger partial charge in [-0.3, -0.25) is 20.0 Å². The molecule has 0 radical (unpaired) electrons. The maximum Gasteiger partial charge on any atom is 0.137 e. The van der Waals surface area contributed by atoms with E-state index in [0.29, 0.717) is 30.5 Å². The number of furan rings is 1. The average molecular weight is 1760 g/mol. The molecule has 0 saturated carbocycles. The van der Waals surface area contributed by atoms with Gasteiger partial charge in [-0.25, -0.2) is 4.39 Å². The second kappa shape index (κ2) is 37.9. The third-order valence-corrected chi connectivity index (χ3v) is 22.5. The first-order chi connectivity index (χ1) is 53.1. The summed E-state index contributed by atoms with van der Waals surface area (Å²) in [6, 6.07) is 73.9. The Kier molecular flexibility index (Phi) is 27.3. The van der Waals surface area contributed by atoms with Gasteiger partial charge in [0.1, 0.15) is 34.7 Å². The van der Waals surface area contributed by atoms with Crippen molar-refractivity contribution in [3.63, 3.8) is 0 Å². The Balaban J connectivity index is 0.000000128. The Morgan fingerprint density at radius 2 is 0.771 bits per heavy atom. The Morgan fingerprint density at radius 1 is 0.358 bits per heavy atom. The number of nitrogens with one attached hydrogen (secondary N) is 4.